The highest BCUT2D eigenvalue weighted by atomic mass is 16.6. The summed E-state index contributed by atoms with van der Waals surface area (Å²) in [5.41, 5.74) is 1.12. The lowest BCUT2D eigenvalue weighted by Gasteiger charge is -2.26. The number of ether oxygens (including phenoxy) is 1. The molecule has 1 aromatic rings. The fourth-order valence-corrected chi connectivity index (χ4v) is 4.09. The molecular formula is C22H33NO2. The van der Waals surface area contributed by atoms with Crippen molar-refractivity contribution in [3.8, 4) is 0 Å². The SMILES string of the molecule is CC(C)(C)OC(=O)N1CCCC(CC[C@H]2CC2c2ccccc2)CC1. The van der Waals surface area contributed by atoms with E-state index in [0.29, 0.717) is 0 Å². The molecule has 1 amide bonds. The van der Waals surface area contributed by atoms with Crippen LogP contribution in [0.3, 0.4) is 0 Å². The molecule has 1 aliphatic heterocycles. The first kappa shape index (κ1) is 18.3. The Kier molecular flexibility index (Phi) is 5.71. The van der Waals surface area contributed by atoms with Gasteiger partial charge in [-0.05, 0) is 76.2 Å². The Labute approximate surface area is 152 Å². The van der Waals surface area contributed by atoms with Gasteiger partial charge in [0.1, 0.15) is 5.60 Å². The molecule has 1 aromatic carbocycles. The van der Waals surface area contributed by atoms with E-state index >= 15 is 0 Å². The average Bonchev–Trinajstić information content (AvgIpc) is 3.35. The Bertz CT molecular complexity index is 563. The highest BCUT2D eigenvalue weighted by Gasteiger charge is 2.38. The van der Waals surface area contributed by atoms with Gasteiger partial charge in [0.15, 0.2) is 0 Å². The van der Waals surface area contributed by atoms with Gasteiger partial charge in [0.2, 0.25) is 0 Å². The summed E-state index contributed by atoms with van der Waals surface area (Å²) in [7, 11) is 0. The third kappa shape index (κ3) is 5.49. The predicted octanol–water partition coefficient (Wildman–Crippen LogP) is 5.61. The van der Waals surface area contributed by atoms with Crippen molar-refractivity contribution < 1.29 is 9.53 Å². The fraction of sp³-hybridized carbons (Fsp3) is 0.682. The Balaban J connectivity index is 1.40. The first-order chi connectivity index (χ1) is 11.9. The van der Waals surface area contributed by atoms with Crippen molar-refractivity contribution in [1.29, 1.82) is 0 Å². The summed E-state index contributed by atoms with van der Waals surface area (Å²) >= 11 is 0. The standard InChI is InChI=1S/C22H33NO2/c1-22(2,3)25-21(24)23-14-7-8-17(13-15-23)11-12-19-16-20(19)18-9-5-4-6-10-18/h4-6,9-10,17,19-20H,7-8,11-16H2,1-3H3/t17?,19-,20?/m0/s1. The average molecular weight is 344 g/mol. The molecule has 1 heterocycles. The zero-order chi connectivity index (χ0) is 17.9. The van der Waals surface area contributed by atoms with Crippen molar-refractivity contribution in [3.05, 3.63) is 35.9 Å². The minimum Gasteiger partial charge on any atom is -0.444 e. The van der Waals surface area contributed by atoms with E-state index in [9.17, 15) is 4.79 Å². The summed E-state index contributed by atoms with van der Waals surface area (Å²) in [5.74, 6) is 2.45. The van der Waals surface area contributed by atoms with Gasteiger partial charge in [-0.1, -0.05) is 36.8 Å². The van der Waals surface area contributed by atoms with Gasteiger partial charge in [0.05, 0.1) is 0 Å². The van der Waals surface area contributed by atoms with Crippen LogP contribution in [-0.2, 0) is 4.74 Å². The highest BCUT2D eigenvalue weighted by Crippen LogP contribution is 2.50. The zero-order valence-corrected chi connectivity index (χ0v) is 16.0. The van der Waals surface area contributed by atoms with Crippen molar-refractivity contribution in [1.82, 2.24) is 4.90 Å². The van der Waals surface area contributed by atoms with Crippen molar-refractivity contribution in [2.75, 3.05) is 13.1 Å². The van der Waals surface area contributed by atoms with Crippen LogP contribution in [0.15, 0.2) is 30.3 Å². The normalized spacial score (nSPS) is 26.8. The maximum atomic E-state index is 12.3. The zero-order valence-electron chi connectivity index (χ0n) is 16.0. The van der Waals surface area contributed by atoms with Crippen LogP contribution in [-0.4, -0.2) is 29.7 Å². The topological polar surface area (TPSA) is 29.5 Å². The molecule has 3 atom stereocenters. The van der Waals surface area contributed by atoms with E-state index < -0.39 is 5.60 Å². The number of likely N-dealkylation sites (tertiary alicyclic amines) is 1. The van der Waals surface area contributed by atoms with Crippen molar-refractivity contribution in [3.63, 3.8) is 0 Å². The molecule has 0 spiro atoms. The lowest BCUT2D eigenvalue weighted by atomic mass is 9.93. The molecule has 2 aliphatic rings. The lowest BCUT2D eigenvalue weighted by molar-refractivity contribution is 0.0255. The van der Waals surface area contributed by atoms with Crippen LogP contribution in [0.5, 0.6) is 0 Å². The third-order valence-corrected chi connectivity index (χ3v) is 5.60. The number of hydrogen-bond donors (Lipinski definition) is 0. The van der Waals surface area contributed by atoms with Crippen LogP contribution in [0.4, 0.5) is 4.79 Å². The fourth-order valence-electron chi connectivity index (χ4n) is 4.09. The molecule has 3 rings (SSSR count). The van der Waals surface area contributed by atoms with Crippen molar-refractivity contribution >= 4 is 6.09 Å². The van der Waals surface area contributed by atoms with E-state index in [2.05, 4.69) is 30.3 Å². The van der Waals surface area contributed by atoms with Crippen molar-refractivity contribution in [2.24, 2.45) is 11.8 Å². The number of nitrogens with zero attached hydrogens (tertiary/aromatic N) is 1. The lowest BCUT2D eigenvalue weighted by Crippen LogP contribution is -2.37. The van der Waals surface area contributed by atoms with Gasteiger partial charge in [-0.25, -0.2) is 4.79 Å². The summed E-state index contributed by atoms with van der Waals surface area (Å²) in [5, 5.41) is 0. The molecule has 2 unspecified atom stereocenters. The second-order valence-electron chi connectivity index (χ2n) is 8.85. The van der Waals surface area contributed by atoms with Gasteiger partial charge in [-0.3, -0.25) is 0 Å². The van der Waals surface area contributed by atoms with E-state index in [0.717, 1.165) is 43.7 Å². The number of carbonyl (C=O) groups excluding carboxylic acids is 1. The smallest absolute Gasteiger partial charge is 0.410 e. The molecular weight excluding hydrogens is 310 g/mol. The number of benzene rings is 1. The number of carbonyl (C=O) groups is 1. The molecule has 2 fully saturated rings. The molecule has 25 heavy (non-hydrogen) atoms. The number of hydrogen-bond acceptors (Lipinski definition) is 2. The molecule has 1 saturated carbocycles. The van der Waals surface area contributed by atoms with E-state index in [4.69, 9.17) is 4.74 Å². The second-order valence-corrected chi connectivity index (χ2v) is 8.85. The summed E-state index contributed by atoms with van der Waals surface area (Å²) in [6.45, 7) is 7.51. The molecule has 0 bridgehead atoms. The maximum absolute atomic E-state index is 12.3. The van der Waals surface area contributed by atoms with Gasteiger partial charge in [0, 0.05) is 13.1 Å². The Morgan fingerprint density at radius 2 is 1.88 bits per heavy atom. The third-order valence-electron chi connectivity index (χ3n) is 5.60. The minimum atomic E-state index is -0.402. The van der Waals surface area contributed by atoms with E-state index in [1.165, 1.54) is 31.2 Å². The number of rotatable bonds is 4. The van der Waals surface area contributed by atoms with Crippen LogP contribution in [0.1, 0.15) is 70.8 Å². The first-order valence-electron chi connectivity index (χ1n) is 9.95. The Hall–Kier alpha value is -1.51. The molecule has 0 aromatic heterocycles. The van der Waals surface area contributed by atoms with E-state index in [1.54, 1.807) is 0 Å². The van der Waals surface area contributed by atoms with Crippen molar-refractivity contribution in [2.45, 2.75) is 70.8 Å². The van der Waals surface area contributed by atoms with Gasteiger partial charge < -0.3 is 9.64 Å². The van der Waals surface area contributed by atoms with Gasteiger partial charge >= 0.3 is 6.09 Å². The molecule has 3 heteroatoms. The van der Waals surface area contributed by atoms with Crippen LogP contribution in [0, 0.1) is 11.8 Å². The molecule has 0 radical (unpaired) electrons. The molecule has 138 valence electrons. The van der Waals surface area contributed by atoms with Gasteiger partial charge in [-0.15, -0.1) is 0 Å². The minimum absolute atomic E-state index is 0.139. The predicted molar refractivity (Wildman–Crippen MR) is 102 cm³/mol. The van der Waals surface area contributed by atoms with E-state index in [1.807, 2.05) is 25.7 Å². The summed E-state index contributed by atoms with van der Waals surface area (Å²) in [6.07, 6.45) is 7.37. The van der Waals surface area contributed by atoms with Gasteiger partial charge in [-0.2, -0.15) is 0 Å². The van der Waals surface area contributed by atoms with Crippen LogP contribution < -0.4 is 0 Å². The van der Waals surface area contributed by atoms with E-state index in [-0.39, 0.29) is 6.09 Å². The summed E-state index contributed by atoms with van der Waals surface area (Å²) in [4.78, 5) is 14.2. The maximum Gasteiger partial charge on any atom is 0.410 e. The van der Waals surface area contributed by atoms with Crippen LogP contribution >= 0.6 is 0 Å². The first-order valence-corrected chi connectivity index (χ1v) is 9.95. The second kappa shape index (κ2) is 7.80. The molecule has 1 aliphatic carbocycles. The molecule has 0 N–H and O–H groups in total. The van der Waals surface area contributed by atoms with Crippen LogP contribution in [0.25, 0.3) is 0 Å². The largest absolute Gasteiger partial charge is 0.444 e. The number of amides is 1. The Morgan fingerprint density at radius 3 is 2.60 bits per heavy atom. The summed E-state index contributed by atoms with van der Waals surface area (Å²) < 4.78 is 5.53. The summed E-state index contributed by atoms with van der Waals surface area (Å²) in [6, 6.07) is 11.0. The molecule has 3 nitrogen and oxygen atoms in total. The quantitative estimate of drug-likeness (QED) is 0.711. The van der Waals surface area contributed by atoms with Crippen LogP contribution in [0.2, 0.25) is 0 Å². The van der Waals surface area contributed by atoms with Gasteiger partial charge in [0.25, 0.3) is 0 Å². The Morgan fingerprint density at radius 1 is 1.12 bits per heavy atom. The highest BCUT2D eigenvalue weighted by molar-refractivity contribution is 5.68. The monoisotopic (exact) mass is 343 g/mol. The molecule has 1 saturated heterocycles.